The zero-order valence-electron chi connectivity index (χ0n) is 13.5. The first-order valence-corrected chi connectivity index (χ1v) is 9.10. The number of hydrogen-bond donors (Lipinski definition) is 2. The highest BCUT2D eigenvalue weighted by Gasteiger charge is 2.12. The Labute approximate surface area is 133 Å². The quantitative estimate of drug-likeness (QED) is 0.613. The molecule has 0 aliphatic rings. The molecule has 4 heteroatoms. The van der Waals surface area contributed by atoms with Crippen LogP contribution in [0.4, 0.5) is 0 Å². The van der Waals surface area contributed by atoms with Crippen molar-refractivity contribution in [3.05, 3.63) is 29.3 Å². The van der Waals surface area contributed by atoms with E-state index in [0.717, 1.165) is 23.4 Å². The normalized spacial score (nSPS) is 12.4. The summed E-state index contributed by atoms with van der Waals surface area (Å²) in [5, 5.41) is 13.6. The third-order valence-corrected chi connectivity index (χ3v) is 4.23. The highest BCUT2D eigenvalue weighted by molar-refractivity contribution is 7.98. The molecule has 3 nitrogen and oxygen atoms in total. The Kier molecular flexibility index (Phi) is 9.55. The lowest BCUT2D eigenvalue weighted by Gasteiger charge is -2.16. The second kappa shape index (κ2) is 10.9. The highest BCUT2D eigenvalue weighted by Crippen LogP contribution is 2.25. The van der Waals surface area contributed by atoms with Crippen molar-refractivity contribution in [2.45, 2.75) is 38.7 Å². The van der Waals surface area contributed by atoms with E-state index in [9.17, 15) is 5.11 Å². The number of benzene rings is 1. The monoisotopic (exact) mass is 311 g/mol. The number of aryl methyl sites for hydroxylation is 1. The first kappa shape index (κ1) is 18.3. The van der Waals surface area contributed by atoms with Crippen molar-refractivity contribution in [1.29, 1.82) is 0 Å². The Morgan fingerprint density at radius 3 is 2.71 bits per heavy atom. The molecule has 0 fully saturated rings. The van der Waals surface area contributed by atoms with Crippen LogP contribution in [-0.4, -0.2) is 37.3 Å². The topological polar surface area (TPSA) is 41.5 Å². The van der Waals surface area contributed by atoms with Crippen LogP contribution in [0, 0.1) is 6.92 Å². The van der Waals surface area contributed by atoms with E-state index in [1.165, 1.54) is 31.4 Å². The minimum Gasteiger partial charge on any atom is -0.496 e. The van der Waals surface area contributed by atoms with Gasteiger partial charge < -0.3 is 15.2 Å². The molecule has 0 aliphatic heterocycles. The fourth-order valence-electron chi connectivity index (χ4n) is 2.31. The first-order valence-electron chi connectivity index (χ1n) is 7.71. The average molecular weight is 311 g/mol. The summed E-state index contributed by atoms with van der Waals surface area (Å²) in [5.41, 5.74) is 2.00. The van der Waals surface area contributed by atoms with E-state index in [0.29, 0.717) is 6.54 Å². The Balaban J connectivity index is 2.24. The number of aliphatic hydroxyl groups excluding tert-OH is 1. The first-order chi connectivity index (χ1) is 10.2. The molecule has 1 aromatic rings. The molecule has 1 rings (SSSR count). The van der Waals surface area contributed by atoms with Gasteiger partial charge in [0.05, 0.1) is 13.2 Å². The lowest BCUT2D eigenvalue weighted by molar-refractivity contribution is 0.170. The molecule has 0 aromatic heterocycles. The lowest BCUT2D eigenvalue weighted by atomic mass is 10.1. The van der Waals surface area contributed by atoms with Crippen LogP contribution in [0.15, 0.2) is 18.2 Å². The van der Waals surface area contributed by atoms with Gasteiger partial charge in [-0.15, -0.1) is 0 Å². The van der Waals surface area contributed by atoms with Crippen LogP contribution in [0.2, 0.25) is 0 Å². The largest absolute Gasteiger partial charge is 0.496 e. The molecule has 2 N–H and O–H groups in total. The molecule has 120 valence electrons. The van der Waals surface area contributed by atoms with Crippen molar-refractivity contribution in [2.75, 3.05) is 32.2 Å². The van der Waals surface area contributed by atoms with Crippen molar-refractivity contribution in [1.82, 2.24) is 5.32 Å². The van der Waals surface area contributed by atoms with E-state index in [1.54, 1.807) is 7.11 Å². The van der Waals surface area contributed by atoms with Crippen molar-refractivity contribution >= 4 is 11.8 Å². The van der Waals surface area contributed by atoms with Gasteiger partial charge in [0.25, 0.3) is 0 Å². The van der Waals surface area contributed by atoms with E-state index >= 15 is 0 Å². The number of rotatable bonds is 11. The number of methoxy groups -OCH3 is 1. The predicted molar refractivity (Wildman–Crippen MR) is 92.4 cm³/mol. The van der Waals surface area contributed by atoms with E-state index in [1.807, 2.05) is 36.9 Å². The Morgan fingerprint density at radius 2 is 2.00 bits per heavy atom. The predicted octanol–water partition coefficient (Wildman–Crippen LogP) is 3.55. The Morgan fingerprint density at radius 1 is 1.24 bits per heavy atom. The number of aliphatic hydroxyl groups is 1. The van der Waals surface area contributed by atoms with Crippen LogP contribution in [0.1, 0.15) is 42.9 Å². The molecule has 0 amide bonds. The standard InChI is InChI=1S/C17H29NO2S/c1-14-8-9-17(20-2)15(12-14)16(19)13-18-10-6-4-5-7-11-21-3/h8-9,12,16,18-19H,4-7,10-11,13H2,1-3H3. The van der Waals surface area contributed by atoms with Gasteiger partial charge in [-0.1, -0.05) is 24.5 Å². The van der Waals surface area contributed by atoms with Crippen LogP contribution in [0.3, 0.4) is 0 Å². The van der Waals surface area contributed by atoms with Gasteiger partial charge in [0.15, 0.2) is 0 Å². The minimum atomic E-state index is -0.517. The van der Waals surface area contributed by atoms with E-state index in [4.69, 9.17) is 4.74 Å². The van der Waals surface area contributed by atoms with Gasteiger partial charge in [0.2, 0.25) is 0 Å². The van der Waals surface area contributed by atoms with Crippen molar-refractivity contribution in [2.24, 2.45) is 0 Å². The summed E-state index contributed by atoms with van der Waals surface area (Å²) in [5.74, 6) is 2.02. The van der Waals surface area contributed by atoms with E-state index < -0.39 is 6.10 Å². The fourth-order valence-corrected chi connectivity index (χ4v) is 2.81. The third-order valence-electron chi connectivity index (χ3n) is 3.53. The summed E-state index contributed by atoms with van der Waals surface area (Å²) in [6.07, 6.45) is 6.68. The number of nitrogens with one attached hydrogen (secondary N) is 1. The smallest absolute Gasteiger partial charge is 0.124 e. The maximum Gasteiger partial charge on any atom is 0.124 e. The molecular weight excluding hydrogens is 282 g/mol. The fraction of sp³-hybridized carbons (Fsp3) is 0.647. The Hall–Kier alpha value is -0.710. The Bertz CT molecular complexity index is 398. The van der Waals surface area contributed by atoms with Gasteiger partial charge >= 0.3 is 0 Å². The summed E-state index contributed by atoms with van der Waals surface area (Å²) in [4.78, 5) is 0. The zero-order chi connectivity index (χ0) is 15.5. The summed E-state index contributed by atoms with van der Waals surface area (Å²) in [7, 11) is 1.64. The average Bonchev–Trinajstić information content (AvgIpc) is 2.49. The lowest BCUT2D eigenvalue weighted by Crippen LogP contribution is -2.23. The molecule has 0 saturated carbocycles. The SMILES string of the molecule is COc1ccc(C)cc1C(O)CNCCCCCCSC. The summed E-state index contributed by atoms with van der Waals surface area (Å²) in [6, 6.07) is 5.91. The van der Waals surface area contributed by atoms with Crippen LogP contribution in [-0.2, 0) is 0 Å². The van der Waals surface area contributed by atoms with Crippen LogP contribution < -0.4 is 10.1 Å². The number of unbranched alkanes of at least 4 members (excludes halogenated alkanes) is 3. The maximum absolute atomic E-state index is 10.3. The van der Waals surface area contributed by atoms with Gasteiger partial charge in [-0.25, -0.2) is 0 Å². The molecule has 0 spiro atoms. The van der Waals surface area contributed by atoms with Crippen molar-refractivity contribution < 1.29 is 9.84 Å². The molecule has 0 saturated heterocycles. The summed E-state index contributed by atoms with van der Waals surface area (Å²) >= 11 is 1.92. The van der Waals surface area contributed by atoms with E-state index in [2.05, 4.69) is 11.6 Å². The van der Waals surface area contributed by atoms with Gasteiger partial charge in [0.1, 0.15) is 5.75 Å². The number of hydrogen-bond acceptors (Lipinski definition) is 4. The molecular formula is C17H29NO2S. The van der Waals surface area contributed by atoms with Gasteiger partial charge in [-0.2, -0.15) is 11.8 Å². The molecule has 0 heterocycles. The molecule has 1 unspecified atom stereocenters. The number of ether oxygens (including phenoxy) is 1. The second-order valence-electron chi connectivity index (χ2n) is 5.37. The molecule has 1 atom stereocenters. The highest BCUT2D eigenvalue weighted by atomic mass is 32.2. The van der Waals surface area contributed by atoms with Crippen LogP contribution in [0.5, 0.6) is 5.75 Å². The molecule has 1 aromatic carbocycles. The number of thioether (sulfide) groups is 1. The second-order valence-corrected chi connectivity index (χ2v) is 6.36. The maximum atomic E-state index is 10.3. The molecule has 21 heavy (non-hydrogen) atoms. The van der Waals surface area contributed by atoms with Crippen LogP contribution in [0.25, 0.3) is 0 Å². The van der Waals surface area contributed by atoms with Crippen molar-refractivity contribution in [3.63, 3.8) is 0 Å². The van der Waals surface area contributed by atoms with Crippen molar-refractivity contribution in [3.8, 4) is 5.75 Å². The molecule has 0 aliphatic carbocycles. The van der Waals surface area contributed by atoms with Gasteiger partial charge in [-0.3, -0.25) is 0 Å². The third kappa shape index (κ3) is 7.21. The zero-order valence-corrected chi connectivity index (χ0v) is 14.3. The molecule has 0 bridgehead atoms. The van der Waals surface area contributed by atoms with Crippen LogP contribution >= 0.6 is 11.8 Å². The summed E-state index contributed by atoms with van der Waals surface area (Å²) in [6.45, 7) is 3.56. The van der Waals surface area contributed by atoms with Gasteiger partial charge in [0, 0.05) is 12.1 Å². The van der Waals surface area contributed by atoms with E-state index in [-0.39, 0.29) is 0 Å². The minimum absolute atomic E-state index is 0.517. The summed E-state index contributed by atoms with van der Waals surface area (Å²) < 4.78 is 5.31. The van der Waals surface area contributed by atoms with Gasteiger partial charge in [-0.05, 0) is 50.5 Å². The molecule has 0 radical (unpaired) electrons.